The zero-order chi connectivity index (χ0) is 12.4. The van der Waals surface area contributed by atoms with Crippen LogP contribution in [0.1, 0.15) is 48.0 Å². The SMILES string of the molecule is CN(C)C(CC(=O)C(C)(C)C)C(C)(C)C. The molecule has 90 valence electrons. The van der Waals surface area contributed by atoms with Crippen LogP contribution in [0.3, 0.4) is 0 Å². The van der Waals surface area contributed by atoms with Crippen molar-refractivity contribution >= 4 is 5.78 Å². The van der Waals surface area contributed by atoms with Crippen molar-refractivity contribution in [2.45, 2.75) is 54.0 Å². The summed E-state index contributed by atoms with van der Waals surface area (Å²) in [5, 5.41) is 0. The van der Waals surface area contributed by atoms with Gasteiger partial charge in [-0.25, -0.2) is 0 Å². The average Bonchev–Trinajstić information content (AvgIpc) is 1.94. The molecular formula is C13H27NO. The second-order valence-electron chi connectivity index (χ2n) is 6.72. The minimum atomic E-state index is -0.223. The zero-order valence-corrected chi connectivity index (χ0v) is 11.6. The Morgan fingerprint density at radius 2 is 1.47 bits per heavy atom. The summed E-state index contributed by atoms with van der Waals surface area (Å²) in [6.07, 6.45) is 0.639. The Kier molecular flexibility index (Phi) is 4.53. The molecule has 0 aromatic heterocycles. The molecule has 0 aromatic carbocycles. The summed E-state index contributed by atoms with van der Waals surface area (Å²) in [5.41, 5.74) is -0.0794. The molecule has 0 aliphatic heterocycles. The van der Waals surface area contributed by atoms with E-state index >= 15 is 0 Å². The standard InChI is InChI=1S/C13H27NO/c1-12(2,3)10(14(7)8)9-11(15)13(4,5)6/h10H,9H2,1-8H3. The maximum atomic E-state index is 12.0. The topological polar surface area (TPSA) is 20.3 Å². The molecule has 0 aliphatic rings. The second kappa shape index (κ2) is 4.65. The van der Waals surface area contributed by atoms with Crippen molar-refractivity contribution in [2.24, 2.45) is 10.8 Å². The highest BCUT2D eigenvalue weighted by atomic mass is 16.1. The van der Waals surface area contributed by atoms with Gasteiger partial charge < -0.3 is 4.90 Å². The van der Waals surface area contributed by atoms with Gasteiger partial charge in [0, 0.05) is 17.9 Å². The molecule has 0 fully saturated rings. The van der Waals surface area contributed by atoms with Gasteiger partial charge in [0.25, 0.3) is 0 Å². The third-order valence-corrected chi connectivity index (χ3v) is 2.84. The van der Waals surface area contributed by atoms with Crippen molar-refractivity contribution in [2.75, 3.05) is 14.1 Å². The summed E-state index contributed by atoms with van der Waals surface area (Å²) < 4.78 is 0. The number of hydrogen-bond donors (Lipinski definition) is 0. The van der Waals surface area contributed by atoms with Crippen molar-refractivity contribution in [3.63, 3.8) is 0 Å². The van der Waals surface area contributed by atoms with Gasteiger partial charge in [-0.15, -0.1) is 0 Å². The molecule has 1 unspecified atom stereocenters. The van der Waals surface area contributed by atoms with Crippen molar-refractivity contribution in [1.82, 2.24) is 4.90 Å². The molecule has 0 spiro atoms. The molecule has 0 N–H and O–H groups in total. The number of Topliss-reactive ketones (excluding diaryl/α,β-unsaturated/α-hetero) is 1. The molecule has 1 atom stereocenters. The van der Waals surface area contributed by atoms with Crippen molar-refractivity contribution < 1.29 is 4.79 Å². The Hall–Kier alpha value is -0.370. The van der Waals surface area contributed by atoms with E-state index in [0.29, 0.717) is 18.2 Å². The van der Waals surface area contributed by atoms with E-state index in [0.717, 1.165) is 0 Å². The molecule has 0 saturated carbocycles. The van der Waals surface area contributed by atoms with Crippen LogP contribution in [0.15, 0.2) is 0 Å². The van der Waals surface area contributed by atoms with Gasteiger partial charge in [0.2, 0.25) is 0 Å². The molecule has 2 heteroatoms. The first kappa shape index (κ1) is 14.6. The van der Waals surface area contributed by atoms with Crippen molar-refractivity contribution in [1.29, 1.82) is 0 Å². The van der Waals surface area contributed by atoms with Crippen LogP contribution in [-0.4, -0.2) is 30.8 Å². The summed E-state index contributed by atoms with van der Waals surface area (Å²) >= 11 is 0. The van der Waals surface area contributed by atoms with E-state index in [4.69, 9.17) is 0 Å². The number of hydrogen-bond acceptors (Lipinski definition) is 2. The largest absolute Gasteiger partial charge is 0.305 e. The van der Waals surface area contributed by atoms with Crippen LogP contribution in [0, 0.1) is 10.8 Å². The molecule has 0 aromatic rings. The monoisotopic (exact) mass is 213 g/mol. The third-order valence-electron chi connectivity index (χ3n) is 2.84. The van der Waals surface area contributed by atoms with Crippen LogP contribution < -0.4 is 0 Å². The van der Waals surface area contributed by atoms with Gasteiger partial charge in [-0.3, -0.25) is 4.79 Å². The van der Waals surface area contributed by atoms with Gasteiger partial charge in [0.05, 0.1) is 0 Å². The van der Waals surface area contributed by atoms with Crippen LogP contribution in [0.25, 0.3) is 0 Å². The first-order chi connectivity index (χ1) is 6.46. The van der Waals surface area contributed by atoms with Crippen LogP contribution in [0.4, 0.5) is 0 Å². The van der Waals surface area contributed by atoms with E-state index in [2.05, 4.69) is 25.7 Å². The lowest BCUT2D eigenvalue weighted by atomic mass is 9.78. The van der Waals surface area contributed by atoms with E-state index in [1.807, 2.05) is 34.9 Å². The third kappa shape index (κ3) is 4.78. The lowest BCUT2D eigenvalue weighted by Gasteiger charge is -2.37. The van der Waals surface area contributed by atoms with Gasteiger partial charge in [-0.1, -0.05) is 41.5 Å². The summed E-state index contributed by atoms with van der Waals surface area (Å²) in [4.78, 5) is 14.2. The summed E-state index contributed by atoms with van der Waals surface area (Å²) in [5.74, 6) is 0.344. The molecule has 0 bridgehead atoms. The quantitative estimate of drug-likeness (QED) is 0.718. The first-order valence-corrected chi connectivity index (χ1v) is 5.66. The molecule has 15 heavy (non-hydrogen) atoms. The predicted octanol–water partition coefficient (Wildman–Crippen LogP) is 2.97. The zero-order valence-electron chi connectivity index (χ0n) is 11.6. The van der Waals surface area contributed by atoms with Gasteiger partial charge in [-0.2, -0.15) is 0 Å². The fourth-order valence-corrected chi connectivity index (χ4v) is 1.75. The summed E-state index contributed by atoms with van der Waals surface area (Å²) in [6, 6.07) is 0.309. The molecular weight excluding hydrogens is 186 g/mol. The Morgan fingerprint density at radius 1 is 1.07 bits per heavy atom. The lowest BCUT2D eigenvalue weighted by Crippen LogP contribution is -2.42. The van der Waals surface area contributed by atoms with E-state index < -0.39 is 0 Å². The highest BCUT2D eigenvalue weighted by Gasteiger charge is 2.32. The van der Waals surface area contributed by atoms with Crippen molar-refractivity contribution in [3.8, 4) is 0 Å². The number of nitrogens with zero attached hydrogens (tertiary/aromatic N) is 1. The Balaban J connectivity index is 4.66. The van der Waals surface area contributed by atoms with Crippen molar-refractivity contribution in [3.05, 3.63) is 0 Å². The minimum Gasteiger partial charge on any atom is -0.305 e. The fourth-order valence-electron chi connectivity index (χ4n) is 1.75. The molecule has 0 aliphatic carbocycles. The van der Waals surface area contributed by atoms with Crippen LogP contribution >= 0.6 is 0 Å². The smallest absolute Gasteiger partial charge is 0.139 e. The molecule has 0 saturated heterocycles. The first-order valence-electron chi connectivity index (χ1n) is 5.66. The molecule has 0 rings (SSSR count). The van der Waals surface area contributed by atoms with Gasteiger partial charge in [0.15, 0.2) is 0 Å². The average molecular weight is 213 g/mol. The van der Waals surface area contributed by atoms with Crippen LogP contribution in [0.2, 0.25) is 0 Å². The predicted molar refractivity (Wildman–Crippen MR) is 66.0 cm³/mol. The highest BCUT2D eigenvalue weighted by Crippen LogP contribution is 2.28. The summed E-state index contributed by atoms with van der Waals surface area (Å²) in [7, 11) is 4.09. The normalized spacial score (nSPS) is 15.5. The number of carbonyl (C=O) groups is 1. The maximum Gasteiger partial charge on any atom is 0.139 e. The second-order valence-corrected chi connectivity index (χ2v) is 6.72. The van der Waals surface area contributed by atoms with Crippen LogP contribution in [0.5, 0.6) is 0 Å². The number of rotatable bonds is 3. The molecule has 0 heterocycles. The molecule has 0 radical (unpaired) electrons. The Bertz CT molecular complexity index is 218. The van der Waals surface area contributed by atoms with Gasteiger partial charge in [0.1, 0.15) is 5.78 Å². The van der Waals surface area contributed by atoms with E-state index in [1.165, 1.54) is 0 Å². The van der Waals surface area contributed by atoms with Gasteiger partial charge in [-0.05, 0) is 19.5 Å². The number of carbonyl (C=O) groups excluding carboxylic acids is 1. The minimum absolute atomic E-state index is 0.143. The van der Waals surface area contributed by atoms with E-state index in [-0.39, 0.29) is 10.8 Å². The van der Waals surface area contributed by atoms with Gasteiger partial charge >= 0.3 is 0 Å². The molecule has 0 amide bonds. The van der Waals surface area contributed by atoms with Crippen LogP contribution in [-0.2, 0) is 4.79 Å². The fraction of sp³-hybridized carbons (Fsp3) is 0.923. The van der Waals surface area contributed by atoms with E-state index in [9.17, 15) is 4.79 Å². The van der Waals surface area contributed by atoms with E-state index in [1.54, 1.807) is 0 Å². The maximum absolute atomic E-state index is 12.0. The molecule has 2 nitrogen and oxygen atoms in total. The highest BCUT2D eigenvalue weighted by molar-refractivity contribution is 5.84. The Morgan fingerprint density at radius 3 is 1.67 bits per heavy atom. The lowest BCUT2D eigenvalue weighted by molar-refractivity contribution is -0.128. The number of ketones is 1. The summed E-state index contributed by atoms with van der Waals surface area (Å²) in [6.45, 7) is 12.5. The Labute approximate surface area is 95.0 Å².